The Morgan fingerprint density at radius 3 is 3.00 bits per heavy atom. The second kappa shape index (κ2) is 8.82. The number of nitrogens with zero attached hydrogens (tertiary/aromatic N) is 5. The summed E-state index contributed by atoms with van der Waals surface area (Å²) in [4.78, 5) is 28.4. The first-order chi connectivity index (χ1) is 13.2. The van der Waals surface area contributed by atoms with Gasteiger partial charge in [-0.1, -0.05) is 6.07 Å². The topological polar surface area (TPSA) is 114 Å². The van der Waals surface area contributed by atoms with Gasteiger partial charge in [0.05, 0.1) is 18.9 Å². The summed E-state index contributed by atoms with van der Waals surface area (Å²) in [6.07, 6.45) is 5.91. The zero-order valence-corrected chi connectivity index (χ0v) is 15.3. The molecule has 3 aromatic heterocycles. The minimum atomic E-state index is -0.685. The predicted molar refractivity (Wildman–Crippen MR) is 99.4 cm³/mol. The molecule has 27 heavy (non-hydrogen) atoms. The van der Waals surface area contributed by atoms with E-state index in [1.165, 1.54) is 18.4 Å². The number of methoxy groups -OCH3 is 1. The molecular formula is C18H16N6O2S. The molecule has 8 nitrogen and oxygen atoms in total. The van der Waals surface area contributed by atoms with E-state index in [2.05, 4.69) is 36.1 Å². The van der Waals surface area contributed by atoms with Crippen LogP contribution in [0.3, 0.4) is 0 Å². The molecule has 0 aliphatic carbocycles. The van der Waals surface area contributed by atoms with Crippen LogP contribution < -0.4 is 5.32 Å². The highest BCUT2D eigenvalue weighted by molar-refractivity contribution is 7.10. The van der Waals surface area contributed by atoms with Crippen LogP contribution >= 0.6 is 11.3 Å². The molecule has 1 unspecified atom stereocenters. The molecule has 1 N–H and O–H groups in total. The molecule has 0 aromatic carbocycles. The number of hydrogen-bond donors (Lipinski definition) is 1. The standard InChI is InChI=1S/C18H16N6O2S/c1-26-17(25)15-11-27-16(23-15)13(9-19)14-5-8-22-18(24-14)21-7-4-12-3-2-6-20-10-12/h2-3,5-6,8,10-11,13H,4,7H2,1H3,(H,21,22,24). The lowest BCUT2D eigenvalue weighted by Gasteiger charge is -2.08. The Morgan fingerprint density at radius 1 is 1.37 bits per heavy atom. The first kappa shape index (κ1) is 18.4. The number of nitrogens with one attached hydrogen (secondary N) is 1. The van der Waals surface area contributed by atoms with E-state index >= 15 is 0 Å². The largest absolute Gasteiger partial charge is 0.464 e. The quantitative estimate of drug-likeness (QED) is 0.622. The zero-order chi connectivity index (χ0) is 19.1. The Morgan fingerprint density at radius 2 is 2.26 bits per heavy atom. The van der Waals surface area contributed by atoms with E-state index in [1.807, 2.05) is 18.3 Å². The van der Waals surface area contributed by atoms with Crippen LogP contribution in [0.2, 0.25) is 0 Å². The number of rotatable bonds is 7. The molecule has 0 spiro atoms. The molecule has 3 heterocycles. The van der Waals surface area contributed by atoms with Crippen LogP contribution in [0.4, 0.5) is 5.95 Å². The van der Waals surface area contributed by atoms with Gasteiger partial charge in [0.25, 0.3) is 0 Å². The van der Waals surface area contributed by atoms with Gasteiger partial charge in [0.1, 0.15) is 10.9 Å². The molecule has 0 bridgehead atoms. The van der Waals surface area contributed by atoms with E-state index < -0.39 is 11.9 Å². The Labute approximate surface area is 159 Å². The van der Waals surface area contributed by atoms with Crippen molar-refractivity contribution in [2.24, 2.45) is 0 Å². The average molecular weight is 380 g/mol. The SMILES string of the molecule is COC(=O)c1csc(C(C#N)c2ccnc(NCCc3cccnc3)n2)n1. The monoisotopic (exact) mass is 380 g/mol. The minimum Gasteiger partial charge on any atom is -0.464 e. The molecule has 0 aliphatic heterocycles. The fourth-order valence-electron chi connectivity index (χ4n) is 2.35. The number of carbonyl (C=O) groups is 1. The average Bonchev–Trinajstić information content (AvgIpc) is 3.19. The number of esters is 1. The molecule has 0 fully saturated rings. The lowest BCUT2D eigenvalue weighted by molar-refractivity contribution is 0.0594. The lowest BCUT2D eigenvalue weighted by Crippen LogP contribution is -2.10. The molecule has 0 aliphatic rings. The van der Waals surface area contributed by atoms with Gasteiger partial charge in [0.2, 0.25) is 5.95 Å². The maximum Gasteiger partial charge on any atom is 0.357 e. The molecule has 0 radical (unpaired) electrons. The fraction of sp³-hybridized carbons (Fsp3) is 0.222. The number of thiazole rings is 1. The predicted octanol–water partition coefficient (Wildman–Crippen LogP) is 2.42. The molecule has 136 valence electrons. The molecule has 1 atom stereocenters. The third kappa shape index (κ3) is 4.62. The lowest BCUT2D eigenvalue weighted by atomic mass is 10.1. The molecule has 9 heteroatoms. The van der Waals surface area contributed by atoms with Crippen molar-refractivity contribution in [2.45, 2.75) is 12.3 Å². The molecule has 0 saturated heterocycles. The molecule has 3 aromatic rings. The normalized spacial score (nSPS) is 11.4. The van der Waals surface area contributed by atoms with Crippen LogP contribution in [0.15, 0.2) is 42.2 Å². The minimum absolute atomic E-state index is 0.182. The number of ether oxygens (including phenoxy) is 1. The number of nitriles is 1. The van der Waals surface area contributed by atoms with Crippen molar-refractivity contribution >= 4 is 23.3 Å². The second-order valence-corrected chi connectivity index (χ2v) is 6.36. The number of aromatic nitrogens is 4. The van der Waals surface area contributed by atoms with Gasteiger partial charge in [-0.3, -0.25) is 4.98 Å². The van der Waals surface area contributed by atoms with Crippen molar-refractivity contribution in [3.63, 3.8) is 0 Å². The van der Waals surface area contributed by atoms with Crippen LogP contribution in [-0.2, 0) is 11.2 Å². The summed E-state index contributed by atoms with van der Waals surface area (Å²) in [5.41, 5.74) is 1.80. The first-order valence-electron chi connectivity index (χ1n) is 8.10. The Balaban J connectivity index is 1.70. The van der Waals surface area contributed by atoms with Crippen LogP contribution in [0.1, 0.15) is 32.7 Å². The summed E-state index contributed by atoms with van der Waals surface area (Å²) < 4.78 is 4.65. The Hall–Kier alpha value is -3.38. The van der Waals surface area contributed by atoms with Gasteiger partial charge in [-0.15, -0.1) is 11.3 Å². The van der Waals surface area contributed by atoms with Gasteiger partial charge in [-0.25, -0.2) is 19.7 Å². The summed E-state index contributed by atoms with van der Waals surface area (Å²) in [5, 5.41) is 14.8. The number of carbonyl (C=O) groups excluding carboxylic acids is 1. The number of hydrogen-bond acceptors (Lipinski definition) is 9. The summed E-state index contributed by atoms with van der Waals surface area (Å²) in [7, 11) is 1.29. The van der Waals surface area contributed by atoms with Gasteiger partial charge < -0.3 is 10.1 Å². The third-order valence-corrected chi connectivity index (χ3v) is 4.59. The Kier molecular flexibility index (Phi) is 6.02. The van der Waals surface area contributed by atoms with Crippen molar-refractivity contribution in [1.82, 2.24) is 19.9 Å². The highest BCUT2D eigenvalue weighted by atomic mass is 32.1. The van der Waals surface area contributed by atoms with Crippen LogP contribution in [-0.4, -0.2) is 39.6 Å². The van der Waals surface area contributed by atoms with Gasteiger partial charge in [0.15, 0.2) is 5.69 Å². The van der Waals surface area contributed by atoms with E-state index in [0.29, 0.717) is 23.2 Å². The fourth-order valence-corrected chi connectivity index (χ4v) is 3.19. The summed E-state index contributed by atoms with van der Waals surface area (Å²) >= 11 is 1.22. The highest BCUT2D eigenvalue weighted by Gasteiger charge is 2.21. The highest BCUT2D eigenvalue weighted by Crippen LogP contribution is 2.26. The van der Waals surface area contributed by atoms with Crippen molar-refractivity contribution in [2.75, 3.05) is 19.0 Å². The van der Waals surface area contributed by atoms with E-state index in [1.54, 1.807) is 23.8 Å². The van der Waals surface area contributed by atoms with Gasteiger partial charge >= 0.3 is 5.97 Å². The van der Waals surface area contributed by atoms with Gasteiger partial charge in [-0.05, 0) is 24.1 Å². The van der Waals surface area contributed by atoms with Crippen molar-refractivity contribution < 1.29 is 9.53 Å². The Bertz CT molecular complexity index is 954. The van der Waals surface area contributed by atoms with Crippen LogP contribution in [0.25, 0.3) is 0 Å². The first-order valence-corrected chi connectivity index (χ1v) is 8.98. The third-order valence-electron chi connectivity index (χ3n) is 3.68. The van der Waals surface area contributed by atoms with Crippen molar-refractivity contribution in [3.05, 3.63) is 64.1 Å². The molecular weight excluding hydrogens is 364 g/mol. The second-order valence-electron chi connectivity index (χ2n) is 5.47. The van der Waals surface area contributed by atoms with E-state index in [0.717, 1.165) is 12.0 Å². The van der Waals surface area contributed by atoms with Crippen molar-refractivity contribution in [1.29, 1.82) is 5.26 Å². The number of pyridine rings is 1. The zero-order valence-electron chi connectivity index (χ0n) is 14.5. The van der Waals surface area contributed by atoms with E-state index in [9.17, 15) is 10.1 Å². The van der Waals surface area contributed by atoms with E-state index in [-0.39, 0.29) is 5.69 Å². The maximum atomic E-state index is 11.6. The summed E-state index contributed by atoms with van der Waals surface area (Å²) in [6, 6.07) is 7.74. The maximum absolute atomic E-state index is 11.6. The molecule has 0 saturated carbocycles. The van der Waals surface area contributed by atoms with E-state index in [4.69, 9.17) is 0 Å². The summed E-state index contributed by atoms with van der Waals surface area (Å²) in [6.45, 7) is 0.635. The van der Waals surface area contributed by atoms with Crippen LogP contribution in [0.5, 0.6) is 0 Å². The molecule has 0 amide bonds. The van der Waals surface area contributed by atoms with Gasteiger partial charge in [-0.2, -0.15) is 5.26 Å². The van der Waals surface area contributed by atoms with Crippen LogP contribution in [0, 0.1) is 11.3 Å². The van der Waals surface area contributed by atoms with Gasteiger partial charge in [0, 0.05) is 30.5 Å². The summed E-state index contributed by atoms with van der Waals surface area (Å²) in [5.74, 6) is -0.786. The van der Waals surface area contributed by atoms with Crippen molar-refractivity contribution in [3.8, 4) is 6.07 Å². The smallest absolute Gasteiger partial charge is 0.357 e. The number of anilines is 1. The molecule has 3 rings (SSSR count).